The predicted molar refractivity (Wildman–Crippen MR) is 67.8 cm³/mol. The first-order valence-electron chi connectivity index (χ1n) is 6.90. The Morgan fingerprint density at radius 2 is 1.81 bits per heavy atom. The van der Waals surface area contributed by atoms with Gasteiger partial charge in [-0.15, -0.1) is 0 Å². The zero-order valence-corrected chi connectivity index (χ0v) is 11.6. The molecule has 0 spiro atoms. The summed E-state index contributed by atoms with van der Waals surface area (Å²) >= 11 is 0. The van der Waals surface area contributed by atoms with E-state index >= 15 is 0 Å². The molecule has 0 aromatic carbocycles. The van der Waals surface area contributed by atoms with E-state index in [1.165, 1.54) is 0 Å². The van der Waals surface area contributed by atoms with Crippen molar-refractivity contribution < 1.29 is 39.7 Å². The summed E-state index contributed by atoms with van der Waals surface area (Å²) in [4.78, 5) is 0. The van der Waals surface area contributed by atoms with E-state index in [0.29, 0.717) is 0 Å². The first kappa shape index (κ1) is 17.0. The van der Waals surface area contributed by atoms with Crippen LogP contribution in [0.1, 0.15) is 13.3 Å². The molecule has 0 amide bonds. The van der Waals surface area contributed by atoms with Gasteiger partial charge in [0.05, 0.1) is 24.9 Å². The fraction of sp³-hybridized carbons (Fsp3) is 1.00. The van der Waals surface area contributed by atoms with E-state index in [4.69, 9.17) is 25.1 Å². The number of ether oxygens (including phenoxy) is 3. The summed E-state index contributed by atoms with van der Waals surface area (Å²) in [6, 6.07) is -0.992. The topological polar surface area (TPSA) is 155 Å². The molecule has 9 heteroatoms. The van der Waals surface area contributed by atoms with E-state index in [0.717, 1.165) is 0 Å². The summed E-state index contributed by atoms with van der Waals surface area (Å²) in [7, 11) is 0. The molecule has 7 N–H and O–H groups in total. The van der Waals surface area contributed by atoms with Crippen LogP contribution in [0.4, 0.5) is 0 Å². The van der Waals surface area contributed by atoms with Crippen LogP contribution in [0, 0.1) is 0 Å². The Hall–Kier alpha value is -0.360. The molecule has 0 radical (unpaired) electrons. The minimum absolute atomic E-state index is 0.000963. The minimum atomic E-state index is -1.44. The van der Waals surface area contributed by atoms with Crippen LogP contribution in [0.2, 0.25) is 0 Å². The van der Waals surface area contributed by atoms with Crippen molar-refractivity contribution in [2.45, 2.75) is 68.6 Å². The van der Waals surface area contributed by atoms with Crippen LogP contribution in [0.15, 0.2) is 0 Å². The van der Waals surface area contributed by atoms with Gasteiger partial charge in [0.1, 0.15) is 24.4 Å². The van der Waals surface area contributed by atoms with Crippen LogP contribution in [0.3, 0.4) is 0 Å². The molecule has 124 valence electrons. The van der Waals surface area contributed by atoms with E-state index in [1.807, 2.05) is 0 Å². The standard InChI is InChI=1S/C12H23NO8/c1-4-9(16)5(15)2-7(19-4)21-11-8(13)10(17)6(3-14)20-12(11)18/h4-12,14-18H,2-3,13H2,1H3/t4-,5-,6+,7-,8-,9+,10-,11+,12+/m0/s1. The summed E-state index contributed by atoms with van der Waals surface area (Å²) in [6.07, 6.45) is -8.31. The number of hydrogen-bond donors (Lipinski definition) is 6. The minimum Gasteiger partial charge on any atom is -0.394 e. The van der Waals surface area contributed by atoms with Crippen LogP contribution in [-0.4, -0.2) is 87.4 Å². The lowest BCUT2D eigenvalue weighted by Gasteiger charge is -2.43. The molecule has 0 unspecified atom stereocenters. The van der Waals surface area contributed by atoms with Gasteiger partial charge < -0.3 is 45.5 Å². The van der Waals surface area contributed by atoms with Crippen molar-refractivity contribution >= 4 is 0 Å². The van der Waals surface area contributed by atoms with Crippen molar-refractivity contribution in [2.75, 3.05) is 6.61 Å². The molecule has 0 aromatic rings. The number of nitrogens with two attached hydrogens (primary N) is 1. The van der Waals surface area contributed by atoms with Gasteiger partial charge >= 0.3 is 0 Å². The van der Waals surface area contributed by atoms with Crippen LogP contribution in [0.5, 0.6) is 0 Å². The highest BCUT2D eigenvalue weighted by Crippen LogP contribution is 2.27. The zero-order valence-electron chi connectivity index (χ0n) is 11.6. The van der Waals surface area contributed by atoms with Crippen LogP contribution >= 0.6 is 0 Å². The molecule has 0 bridgehead atoms. The number of aliphatic hydroxyl groups excluding tert-OH is 5. The van der Waals surface area contributed by atoms with Crippen molar-refractivity contribution in [3.63, 3.8) is 0 Å². The number of rotatable bonds is 3. The molecule has 2 aliphatic rings. The van der Waals surface area contributed by atoms with Crippen molar-refractivity contribution in [2.24, 2.45) is 5.73 Å². The third kappa shape index (κ3) is 3.52. The molecule has 2 saturated heterocycles. The normalized spacial score (nSPS) is 51.9. The third-order valence-electron chi connectivity index (χ3n) is 3.91. The number of hydrogen-bond acceptors (Lipinski definition) is 9. The van der Waals surface area contributed by atoms with Gasteiger partial charge in [0.25, 0.3) is 0 Å². The maximum absolute atomic E-state index is 9.87. The lowest BCUT2D eigenvalue weighted by molar-refractivity contribution is -0.322. The molecule has 0 saturated carbocycles. The molecule has 2 heterocycles. The molecule has 2 aliphatic heterocycles. The van der Waals surface area contributed by atoms with Gasteiger partial charge in [0, 0.05) is 6.42 Å². The molecule has 2 rings (SSSR count). The Morgan fingerprint density at radius 1 is 1.14 bits per heavy atom. The summed E-state index contributed by atoms with van der Waals surface area (Å²) in [5.74, 6) is 0. The third-order valence-corrected chi connectivity index (χ3v) is 3.91. The smallest absolute Gasteiger partial charge is 0.183 e. The summed E-state index contributed by atoms with van der Waals surface area (Å²) in [5.41, 5.74) is 5.80. The summed E-state index contributed by atoms with van der Waals surface area (Å²) in [6.45, 7) is 1.09. The Bertz CT molecular complexity index is 333. The quantitative estimate of drug-likeness (QED) is 0.313. The van der Waals surface area contributed by atoms with Crippen LogP contribution in [-0.2, 0) is 14.2 Å². The molecule has 2 fully saturated rings. The first-order chi connectivity index (χ1) is 9.85. The fourth-order valence-electron chi connectivity index (χ4n) is 2.57. The Morgan fingerprint density at radius 3 is 2.38 bits per heavy atom. The highest BCUT2D eigenvalue weighted by molar-refractivity contribution is 4.93. The Balaban J connectivity index is 1.98. The van der Waals surface area contributed by atoms with Gasteiger partial charge in [-0.1, -0.05) is 0 Å². The van der Waals surface area contributed by atoms with Crippen molar-refractivity contribution in [3.05, 3.63) is 0 Å². The maximum Gasteiger partial charge on any atom is 0.183 e. The Labute approximate surface area is 121 Å². The molecule has 9 nitrogen and oxygen atoms in total. The highest BCUT2D eigenvalue weighted by Gasteiger charge is 2.45. The zero-order chi connectivity index (χ0) is 15.7. The predicted octanol–water partition coefficient (Wildman–Crippen LogP) is -3.37. The second-order valence-electron chi connectivity index (χ2n) is 5.48. The highest BCUT2D eigenvalue weighted by atomic mass is 16.7. The molecule has 0 aliphatic carbocycles. The molecule has 21 heavy (non-hydrogen) atoms. The van der Waals surface area contributed by atoms with E-state index in [1.54, 1.807) is 6.92 Å². The molecular formula is C12H23NO8. The van der Waals surface area contributed by atoms with E-state index in [9.17, 15) is 20.4 Å². The first-order valence-corrected chi connectivity index (χ1v) is 6.90. The van der Waals surface area contributed by atoms with Gasteiger partial charge in [0.15, 0.2) is 12.6 Å². The van der Waals surface area contributed by atoms with Gasteiger partial charge in [0.2, 0.25) is 0 Å². The van der Waals surface area contributed by atoms with Gasteiger partial charge in [-0.25, -0.2) is 0 Å². The Kier molecular flexibility index (Phi) is 5.52. The van der Waals surface area contributed by atoms with Gasteiger partial charge in [-0.05, 0) is 6.92 Å². The number of aliphatic hydroxyl groups is 5. The van der Waals surface area contributed by atoms with Gasteiger partial charge in [-0.2, -0.15) is 0 Å². The SMILES string of the molecule is C[C@@H]1O[C@@H](O[C@@H]2[C@@H](N)[C@@H](O)[C@@H](CO)O[C@H]2O)C[C@H](O)[C@@H]1O. The summed E-state index contributed by atoms with van der Waals surface area (Å²) < 4.78 is 15.9. The van der Waals surface area contributed by atoms with Gasteiger partial charge in [-0.3, -0.25) is 0 Å². The van der Waals surface area contributed by atoms with E-state index < -0.39 is 61.9 Å². The monoisotopic (exact) mass is 309 g/mol. The average Bonchev–Trinajstić information content (AvgIpc) is 2.44. The molecule has 0 aromatic heterocycles. The van der Waals surface area contributed by atoms with Crippen molar-refractivity contribution in [3.8, 4) is 0 Å². The lowest BCUT2D eigenvalue weighted by atomic mass is 9.97. The fourth-order valence-corrected chi connectivity index (χ4v) is 2.57. The van der Waals surface area contributed by atoms with Crippen molar-refractivity contribution in [1.82, 2.24) is 0 Å². The van der Waals surface area contributed by atoms with E-state index in [-0.39, 0.29) is 6.42 Å². The van der Waals surface area contributed by atoms with E-state index in [2.05, 4.69) is 0 Å². The maximum atomic E-state index is 9.87. The molecular weight excluding hydrogens is 286 g/mol. The summed E-state index contributed by atoms with van der Waals surface area (Å²) in [5, 5.41) is 48.0. The van der Waals surface area contributed by atoms with Crippen molar-refractivity contribution in [1.29, 1.82) is 0 Å². The largest absolute Gasteiger partial charge is 0.394 e. The van der Waals surface area contributed by atoms with Crippen LogP contribution in [0.25, 0.3) is 0 Å². The second kappa shape index (κ2) is 6.82. The van der Waals surface area contributed by atoms with Crippen LogP contribution < -0.4 is 5.73 Å². The second-order valence-corrected chi connectivity index (χ2v) is 5.48. The molecule has 9 atom stereocenters. The lowest BCUT2D eigenvalue weighted by Crippen LogP contribution is -2.64. The average molecular weight is 309 g/mol.